The van der Waals surface area contributed by atoms with Crippen LogP contribution in [0, 0.1) is 222 Å². The highest BCUT2D eigenvalue weighted by atomic mass is 14.8. The Morgan fingerprint density at radius 1 is 0.162 bits per heavy atom. The number of hydrogen-bond donors (Lipinski definition) is 0. The fourth-order valence-electron chi connectivity index (χ4n) is 22.5. The summed E-state index contributed by atoms with van der Waals surface area (Å²) in [7, 11) is 0. The molecule has 8 heterocycles. The summed E-state index contributed by atoms with van der Waals surface area (Å²) in [6.45, 7) is 69.7. The minimum absolute atomic E-state index is 0.993. The van der Waals surface area contributed by atoms with Crippen molar-refractivity contribution in [1.82, 2.24) is 39.9 Å². The van der Waals surface area contributed by atoms with Crippen LogP contribution in [0.1, 0.15) is 268 Å². The van der Waals surface area contributed by atoms with Gasteiger partial charge in [0.25, 0.3) is 0 Å². The van der Waals surface area contributed by atoms with E-state index in [9.17, 15) is 0 Å². The molecule has 0 radical (unpaired) electrons. The lowest BCUT2D eigenvalue weighted by Gasteiger charge is -2.11. The van der Waals surface area contributed by atoms with E-state index in [2.05, 4.69) is 362 Å². The van der Waals surface area contributed by atoms with Gasteiger partial charge < -0.3 is 0 Å². The first kappa shape index (κ1) is 94.7. The third kappa shape index (κ3) is 17.2. The summed E-state index contributed by atoms with van der Waals surface area (Å²) < 4.78 is 0. The highest BCUT2D eigenvalue weighted by Gasteiger charge is 2.33. The van der Waals surface area contributed by atoms with Crippen molar-refractivity contribution >= 4 is 0 Å². The number of aromatic nitrogens is 8. The van der Waals surface area contributed by atoms with Crippen molar-refractivity contribution in [1.29, 1.82) is 0 Å². The average Bonchev–Trinajstić information content (AvgIpc) is 1.53. The second kappa shape index (κ2) is 37.2. The van der Waals surface area contributed by atoms with E-state index in [0.29, 0.717) is 0 Å². The Hall–Kier alpha value is -13.0. The molecular weight excluding hydrogens is 1650 g/mol. The lowest BCUT2D eigenvalue weighted by molar-refractivity contribution is 1.03. The van der Waals surface area contributed by atoms with Crippen LogP contribution in [0.5, 0.6) is 0 Å². The van der Waals surface area contributed by atoms with Gasteiger partial charge in [-0.25, -0.2) is 0 Å². The Kier molecular flexibility index (Phi) is 25.9. The fraction of sp³-hybridized carbons (Fsp3) is 0.312. The predicted molar refractivity (Wildman–Crippen MR) is 571 cm³/mol. The normalized spacial score (nSPS) is 12.5. The first-order chi connectivity index (χ1) is 64.7. The number of benzene rings is 8. The van der Waals surface area contributed by atoms with Gasteiger partial charge in [0.05, 0.1) is 45.6 Å². The Bertz CT molecular complexity index is 7600. The highest BCUT2D eigenvalue weighted by Crippen LogP contribution is 2.50. The molecule has 0 unspecified atom stereocenters. The zero-order valence-electron chi connectivity index (χ0n) is 87.1. The van der Waals surface area contributed by atoms with Crippen LogP contribution >= 0.6 is 0 Å². The topological polar surface area (TPSA) is 103 Å². The van der Waals surface area contributed by atoms with Gasteiger partial charge in [0.2, 0.25) is 0 Å². The minimum atomic E-state index is 0.993. The van der Waals surface area contributed by atoms with Gasteiger partial charge in [0.15, 0.2) is 0 Å². The molecule has 0 saturated carbocycles. The van der Waals surface area contributed by atoms with Crippen molar-refractivity contribution in [2.45, 2.75) is 273 Å². The van der Waals surface area contributed by atoms with Crippen LogP contribution in [0.25, 0.3) is 89.0 Å². The van der Waals surface area contributed by atoms with Gasteiger partial charge in [-0.05, 0) is 450 Å². The predicted octanol–water partition coefficient (Wildman–Crippen LogP) is 31.1. The summed E-state index contributed by atoms with van der Waals surface area (Å²) in [4.78, 5) is 37.3. The van der Waals surface area contributed by atoms with Gasteiger partial charge in [-0.2, -0.15) is 0 Å². The molecule has 8 aliphatic carbocycles. The van der Waals surface area contributed by atoms with Gasteiger partial charge in [-0.3, -0.25) is 39.9 Å². The minimum Gasteiger partial charge on any atom is -0.260 e. The third-order valence-electron chi connectivity index (χ3n) is 31.9. The van der Waals surface area contributed by atoms with Crippen molar-refractivity contribution in [3.63, 3.8) is 0 Å². The largest absolute Gasteiger partial charge is 0.260 e. The van der Waals surface area contributed by atoms with E-state index >= 15 is 0 Å². The molecule has 8 nitrogen and oxygen atoms in total. The van der Waals surface area contributed by atoms with Crippen molar-refractivity contribution in [3.05, 3.63) is 415 Å². The quantitative estimate of drug-likeness (QED) is 0.148. The van der Waals surface area contributed by atoms with Crippen molar-refractivity contribution in [2.75, 3.05) is 0 Å². The summed E-state index contributed by atoms with van der Waals surface area (Å²) in [6, 6.07) is 42.8. The van der Waals surface area contributed by atoms with E-state index in [-0.39, 0.29) is 0 Å². The van der Waals surface area contributed by atoms with E-state index in [1.807, 2.05) is 31.0 Å². The molecule has 16 aromatic rings. The Morgan fingerprint density at radius 3 is 1.09 bits per heavy atom. The maximum Gasteiger partial charge on any atom is 0.0532 e. The first-order valence-corrected chi connectivity index (χ1v) is 49.1. The molecule has 0 spiro atoms. The van der Waals surface area contributed by atoms with Crippen LogP contribution in [0.2, 0.25) is 0 Å². The number of hydrogen-bond acceptors (Lipinski definition) is 8. The Morgan fingerprint density at radius 2 is 0.507 bits per heavy atom. The molecular formula is C128H136N8. The second-order valence-corrected chi connectivity index (χ2v) is 41.0. The van der Waals surface area contributed by atoms with E-state index in [1.165, 1.54) is 357 Å². The molecule has 8 aromatic heterocycles. The first-order valence-electron chi connectivity index (χ1n) is 49.1. The monoisotopic (exact) mass is 1790 g/mol. The van der Waals surface area contributed by atoms with Crippen LogP contribution in [-0.2, 0) is 51.4 Å². The second-order valence-electron chi connectivity index (χ2n) is 41.0. The Labute approximate surface area is 811 Å². The summed E-state index contributed by atoms with van der Waals surface area (Å²) in [5.74, 6) is 0. The Balaban J connectivity index is 0.000000108. The molecule has 8 aromatic carbocycles. The van der Waals surface area contributed by atoms with Crippen LogP contribution in [0.3, 0.4) is 0 Å². The van der Waals surface area contributed by atoms with Crippen molar-refractivity contribution < 1.29 is 0 Å². The molecule has 0 N–H and O–H groups in total. The maximum absolute atomic E-state index is 4.77. The summed E-state index contributed by atoms with van der Waals surface area (Å²) in [5, 5.41) is 0. The zero-order valence-corrected chi connectivity index (χ0v) is 87.1. The molecule has 0 fully saturated rings. The highest BCUT2D eigenvalue weighted by molar-refractivity contribution is 5.88. The summed E-state index contributed by atoms with van der Waals surface area (Å²) >= 11 is 0. The number of aryl methyl sites for hydroxylation is 20. The maximum atomic E-state index is 4.77. The number of pyridine rings is 8. The van der Waals surface area contributed by atoms with E-state index in [4.69, 9.17) is 15.0 Å². The van der Waals surface area contributed by atoms with Crippen LogP contribution < -0.4 is 0 Å². The molecule has 0 saturated heterocycles. The molecule has 0 amide bonds. The molecule has 24 rings (SSSR count). The van der Waals surface area contributed by atoms with Crippen LogP contribution in [0.4, 0.5) is 0 Å². The molecule has 8 aliphatic rings. The molecule has 688 valence electrons. The van der Waals surface area contributed by atoms with E-state index in [1.54, 1.807) is 0 Å². The smallest absolute Gasteiger partial charge is 0.0532 e. The third-order valence-corrected chi connectivity index (χ3v) is 31.9. The number of nitrogens with zero attached hydrogens (tertiary/aromatic N) is 8. The molecule has 8 heteroatoms. The van der Waals surface area contributed by atoms with Crippen molar-refractivity contribution in [2.24, 2.45) is 0 Å². The number of rotatable bonds is 0. The van der Waals surface area contributed by atoms with E-state index < -0.39 is 0 Å². The molecule has 0 bridgehead atoms. The van der Waals surface area contributed by atoms with Gasteiger partial charge in [0, 0.05) is 144 Å². The fourth-order valence-corrected chi connectivity index (χ4v) is 22.5. The summed E-state index contributed by atoms with van der Waals surface area (Å²) in [5.41, 5.74) is 86.9. The molecule has 0 atom stereocenters. The van der Waals surface area contributed by atoms with Crippen molar-refractivity contribution in [3.8, 4) is 89.0 Å². The van der Waals surface area contributed by atoms with E-state index in [0.717, 1.165) is 51.4 Å². The summed E-state index contributed by atoms with van der Waals surface area (Å²) in [6.07, 6.45) is 18.0. The standard InChI is InChI=1S/8C16H17N/c1-9-5-13-7-15-16(14(13)6-10(9)2)12(4)11(3)8-17-15;1-9-5-10(2)13-7-15-16(14(13)6-9)12(4)11(3)8-17-15;1-9-5-10(2)15-13(6-9)7-14-16(15)12(4)11(3)8-17-14;1-9-5-6-13-7-14-16(15(13)11(9)3)12(4)10(2)8-17-14;1-9-5-6-10(2)15-13(9)7-14-16(15)12(4)11(3)8-17-14;1-9-5-6-14-13(7-9)8-15-16(14)11(3)10(2)12(4)17-15;1-9-5-6-13-8-15-16(14(13)7-9)11(3)10(2)12(4)17-15;1-9-6-5-7-13-14(9)8-15-16(13)11(3)10(2)12(4)17-15/h5*5-6,8H,7H2,1-4H3;3*5-7H,8H2,1-4H3. The zero-order chi connectivity index (χ0) is 97.2. The van der Waals surface area contributed by atoms with Gasteiger partial charge in [-0.15, -0.1) is 0 Å². The van der Waals surface area contributed by atoms with Gasteiger partial charge >= 0.3 is 0 Å². The van der Waals surface area contributed by atoms with Gasteiger partial charge in [-0.1, -0.05) is 138 Å². The SMILES string of the molecule is Cc1cc(C)c2c(c1)-c1c(ncc(C)c1C)C2.Cc1cc(C)c2c(c1)Cc1ncc(C)c(C)c1-2.Cc1cc2c(cc1C)-c1c(ncc(C)c1C)C2.Cc1ccc2c(c1)-c1c(nc(C)c(C)c1C)C2.Cc1ccc2c(c1)Cc1nc(C)c(C)c(C)c1-2.Cc1ccc2c(c1C)-c1c(ncc(C)c1C)C2.Cc1cccc2c1Cc1nc(C)c(C)c(C)c1-2.Cc1cnc2c(c1C)-c1c(C)ccc(C)c1C2. The van der Waals surface area contributed by atoms with Crippen LogP contribution in [0.15, 0.2) is 146 Å². The molecule has 0 aliphatic heterocycles. The lowest BCUT2D eigenvalue weighted by atomic mass is 9.94. The lowest BCUT2D eigenvalue weighted by Crippen LogP contribution is -1.97. The van der Waals surface area contributed by atoms with Crippen LogP contribution in [-0.4, -0.2) is 39.9 Å². The van der Waals surface area contributed by atoms with Gasteiger partial charge in [0.1, 0.15) is 0 Å². The average molecular weight is 1790 g/mol. The molecule has 136 heavy (non-hydrogen) atoms. The number of fused-ring (bicyclic) bond motifs is 24.